The van der Waals surface area contributed by atoms with Crippen molar-refractivity contribution in [1.82, 2.24) is 9.78 Å². The molecule has 0 aliphatic carbocycles. The van der Waals surface area contributed by atoms with Gasteiger partial charge in [-0.3, -0.25) is 0 Å². The van der Waals surface area contributed by atoms with Crippen LogP contribution < -0.4 is 5.32 Å². The average Bonchev–Trinajstić information content (AvgIpc) is 3.08. The van der Waals surface area contributed by atoms with Crippen molar-refractivity contribution in [3.8, 4) is 11.8 Å². The van der Waals surface area contributed by atoms with Crippen molar-refractivity contribution in [2.45, 2.75) is 6.54 Å². The Kier molecular flexibility index (Phi) is 3.66. The smallest absolute Gasteiger partial charge is 0.0992 e. The maximum Gasteiger partial charge on any atom is 0.0992 e. The highest BCUT2D eigenvalue weighted by Gasteiger charge is 1.98. The van der Waals surface area contributed by atoms with Crippen LogP contribution in [-0.2, 0) is 6.54 Å². The first kappa shape index (κ1) is 12.9. The van der Waals surface area contributed by atoms with Gasteiger partial charge in [-0.1, -0.05) is 18.2 Å². The van der Waals surface area contributed by atoms with Crippen LogP contribution in [0.5, 0.6) is 0 Å². The molecule has 1 N–H and O–H groups in total. The number of nitrogens with zero attached hydrogens (tertiary/aromatic N) is 3. The van der Waals surface area contributed by atoms with Gasteiger partial charge in [0, 0.05) is 24.6 Å². The molecule has 0 aliphatic heterocycles. The summed E-state index contributed by atoms with van der Waals surface area (Å²) in [4.78, 5) is 0. The average molecular weight is 274 g/mol. The molecule has 2 aromatic carbocycles. The Morgan fingerprint density at radius 1 is 1.10 bits per heavy atom. The molecule has 0 spiro atoms. The van der Waals surface area contributed by atoms with Gasteiger partial charge in [0.1, 0.15) is 0 Å². The summed E-state index contributed by atoms with van der Waals surface area (Å²) < 4.78 is 1.83. The Hall–Kier alpha value is -3.06. The molecular weight excluding hydrogens is 260 g/mol. The van der Waals surface area contributed by atoms with Gasteiger partial charge in [-0.2, -0.15) is 10.4 Å². The largest absolute Gasteiger partial charge is 0.381 e. The normalized spacial score (nSPS) is 10.0. The third kappa shape index (κ3) is 3.10. The highest BCUT2D eigenvalue weighted by molar-refractivity contribution is 5.49. The third-order valence-corrected chi connectivity index (χ3v) is 3.19. The van der Waals surface area contributed by atoms with Crippen molar-refractivity contribution < 1.29 is 0 Å². The molecule has 3 rings (SSSR count). The second-order valence-corrected chi connectivity index (χ2v) is 4.66. The summed E-state index contributed by atoms with van der Waals surface area (Å²) >= 11 is 0. The summed E-state index contributed by atoms with van der Waals surface area (Å²) in [6.07, 6.45) is 3.68. The standard InChI is InChI=1S/C17H14N4/c18-12-15-3-1-4-16(11-15)19-13-14-5-7-17(8-6-14)21-10-2-9-20-21/h1-11,19H,13H2. The van der Waals surface area contributed by atoms with Crippen molar-refractivity contribution in [2.75, 3.05) is 5.32 Å². The van der Waals surface area contributed by atoms with Gasteiger partial charge in [0.25, 0.3) is 0 Å². The summed E-state index contributed by atoms with van der Waals surface area (Å²) in [5.74, 6) is 0. The van der Waals surface area contributed by atoms with Gasteiger partial charge in [0.2, 0.25) is 0 Å². The van der Waals surface area contributed by atoms with E-state index in [-0.39, 0.29) is 0 Å². The fraction of sp³-hybridized carbons (Fsp3) is 0.0588. The van der Waals surface area contributed by atoms with Gasteiger partial charge in [0.05, 0.1) is 17.3 Å². The number of nitriles is 1. The molecule has 0 amide bonds. The second kappa shape index (κ2) is 5.93. The highest BCUT2D eigenvalue weighted by Crippen LogP contribution is 2.13. The van der Waals surface area contributed by atoms with Crippen LogP contribution in [0.3, 0.4) is 0 Å². The molecule has 0 aliphatic rings. The molecule has 0 radical (unpaired) electrons. The fourth-order valence-electron chi connectivity index (χ4n) is 2.09. The van der Waals surface area contributed by atoms with Crippen molar-refractivity contribution in [3.05, 3.63) is 78.1 Å². The molecule has 0 bridgehead atoms. The second-order valence-electron chi connectivity index (χ2n) is 4.66. The van der Waals surface area contributed by atoms with Gasteiger partial charge < -0.3 is 5.32 Å². The van der Waals surface area contributed by atoms with Crippen molar-refractivity contribution in [1.29, 1.82) is 5.26 Å². The Bertz CT molecular complexity index is 752. The zero-order valence-electron chi connectivity index (χ0n) is 11.4. The first-order valence-electron chi connectivity index (χ1n) is 6.68. The van der Waals surface area contributed by atoms with Crippen LogP contribution in [0, 0.1) is 11.3 Å². The summed E-state index contributed by atoms with van der Waals surface area (Å²) in [5.41, 5.74) is 3.82. The van der Waals surface area contributed by atoms with Crippen LogP contribution in [0.25, 0.3) is 5.69 Å². The maximum absolute atomic E-state index is 8.88. The molecule has 4 heteroatoms. The number of nitrogens with one attached hydrogen (secondary N) is 1. The molecule has 0 saturated carbocycles. The SMILES string of the molecule is N#Cc1cccc(NCc2ccc(-n3cccn3)cc2)c1. The van der Waals surface area contributed by atoms with Crippen molar-refractivity contribution in [2.24, 2.45) is 0 Å². The molecule has 21 heavy (non-hydrogen) atoms. The summed E-state index contributed by atoms with van der Waals surface area (Å²) in [6.45, 7) is 0.717. The van der Waals surface area contributed by atoms with Crippen LogP contribution >= 0.6 is 0 Å². The number of aromatic nitrogens is 2. The minimum atomic E-state index is 0.661. The van der Waals surface area contributed by atoms with E-state index in [4.69, 9.17) is 5.26 Å². The molecule has 0 saturated heterocycles. The number of rotatable bonds is 4. The fourth-order valence-corrected chi connectivity index (χ4v) is 2.09. The minimum Gasteiger partial charge on any atom is -0.381 e. The monoisotopic (exact) mass is 274 g/mol. The highest BCUT2D eigenvalue weighted by atomic mass is 15.3. The van der Waals surface area contributed by atoms with E-state index in [0.717, 1.165) is 11.4 Å². The molecule has 102 valence electrons. The van der Waals surface area contributed by atoms with Crippen LogP contribution in [0.4, 0.5) is 5.69 Å². The summed E-state index contributed by atoms with van der Waals surface area (Å²) in [5, 5.41) is 16.4. The van der Waals surface area contributed by atoms with Gasteiger partial charge in [-0.25, -0.2) is 4.68 Å². The Balaban J connectivity index is 1.67. The zero-order chi connectivity index (χ0) is 14.5. The molecule has 0 fully saturated rings. The van der Waals surface area contributed by atoms with E-state index in [9.17, 15) is 0 Å². The van der Waals surface area contributed by atoms with E-state index in [0.29, 0.717) is 12.1 Å². The van der Waals surface area contributed by atoms with Crippen LogP contribution in [0.2, 0.25) is 0 Å². The lowest BCUT2D eigenvalue weighted by Crippen LogP contribution is -2.00. The number of anilines is 1. The van der Waals surface area contributed by atoms with E-state index in [1.165, 1.54) is 5.56 Å². The van der Waals surface area contributed by atoms with Gasteiger partial charge in [0.15, 0.2) is 0 Å². The summed E-state index contributed by atoms with van der Waals surface area (Å²) in [6, 6.07) is 19.7. The van der Waals surface area contributed by atoms with E-state index in [1.807, 2.05) is 47.3 Å². The van der Waals surface area contributed by atoms with Crippen molar-refractivity contribution >= 4 is 5.69 Å². The Labute approximate surface area is 123 Å². The van der Waals surface area contributed by atoms with E-state index in [2.05, 4.69) is 28.6 Å². The molecule has 1 heterocycles. The summed E-state index contributed by atoms with van der Waals surface area (Å²) in [7, 11) is 0. The molecule has 0 unspecified atom stereocenters. The van der Waals surface area contributed by atoms with Crippen LogP contribution in [0.15, 0.2) is 67.0 Å². The quantitative estimate of drug-likeness (QED) is 0.793. The van der Waals surface area contributed by atoms with Crippen molar-refractivity contribution in [3.63, 3.8) is 0 Å². The van der Waals surface area contributed by atoms with E-state index >= 15 is 0 Å². The number of hydrogen-bond acceptors (Lipinski definition) is 3. The van der Waals surface area contributed by atoms with Gasteiger partial charge >= 0.3 is 0 Å². The molecule has 3 aromatic rings. The predicted molar refractivity (Wildman–Crippen MR) is 82.0 cm³/mol. The number of benzene rings is 2. The zero-order valence-corrected chi connectivity index (χ0v) is 11.4. The Morgan fingerprint density at radius 3 is 2.67 bits per heavy atom. The first-order chi connectivity index (χ1) is 10.3. The third-order valence-electron chi connectivity index (χ3n) is 3.19. The molecule has 4 nitrogen and oxygen atoms in total. The van der Waals surface area contributed by atoms with Gasteiger partial charge in [-0.05, 0) is 42.0 Å². The molecular formula is C17H14N4. The predicted octanol–water partition coefficient (Wildman–Crippen LogP) is 3.36. The minimum absolute atomic E-state index is 0.661. The van der Waals surface area contributed by atoms with E-state index < -0.39 is 0 Å². The van der Waals surface area contributed by atoms with Crippen LogP contribution in [0.1, 0.15) is 11.1 Å². The van der Waals surface area contributed by atoms with Crippen LogP contribution in [-0.4, -0.2) is 9.78 Å². The first-order valence-corrected chi connectivity index (χ1v) is 6.68. The lowest BCUT2D eigenvalue weighted by atomic mass is 10.2. The Morgan fingerprint density at radius 2 is 1.95 bits per heavy atom. The topological polar surface area (TPSA) is 53.6 Å². The van der Waals surface area contributed by atoms with Gasteiger partial charge in [-0.15, -0.1) is 0 Å². The van der Waals surface area contributed by atoms with E-state index in [1.54, 1.807) is 12.3 Å². The number of hydrogen-bond donors (Lipinski definition) is 1. The molecule has 1 aromatic heterocycles. The maximum atomic E-state index is 8.88. The molecule has 0 atom stereocenters. The lowest BCUT2D eigenvalue weighted by Gasteiger charge is -2.08. The lowest BCUT2D eigenvalue weighted by molar-refractivity contribution is 0.879.